The van der Waals surface area contributed by atoms with Crippen molar-refractivity contribution in [1.82, 2.24) is 29.5 Å². The van der Waals surface area contributed by atoms with Crippen molar-refractivity contribution in [2.24, 2.45) is 0 Å². The van der Waals surface area contributed by atoms with Crippen LogP contribution >= 0.6 is 12.4 Å². The van der Waals surface area contributed by atoms with Gasteiger partial charge in [-0.3, -0.25) is 0 Å². The van der Waals surface area contributed by atoms with Crippen LogP contribution in [0.5, 0.6) is 0 Å². The summed E-state index contributed by atoms with van der Waals surface area (Å²) in [6.45, 7) is 1.59. The second-order valence-corrected chi connectivity index (χ2v) is 8.84. The van der Waals surface area contributed by atoms with Crippen LogP contribution in [0.1, 0.15) is 44.6 Å². The highest BCUT2D eigenvalue weighted by molar-refractivity contribution is 5.91. The van der Waals surface area contributed by atoms with Gasteiger partial charge in [-0.15, -0.1) is 12.4 Å². The van der Waals surface area contributed by atoms with Gasteiger partial charge in [0.1, 0.15) is 11.2 Å². The summed E-state index contributed by atoms with van der Waals surface area (Å²) < 4.78 is 2.36. The Balaban J connectivity index is 0.00000228. The Morgan fingerprint density at radius 1 is 1.09 bits per heavy atom. The molecule has 172 valence electrons. The number of rotatable bonds is 4. The van der Waals surface area contributed by atoms with Crippen LogP contribution < -0.4 is 4.90 Å². The Morgan fingerprint density at radius 2 is 1.97 bits per heavy atom. The normalized spacial score (nSPS) is 17.4. The quantitative estimate of drug-likeness (QED) is 0.433. The van der Waals surface area contributed by atoms with Crippen LogP contribution in [0.3, 0.4) is 0 Å². The lowest BCUT2D eigenvalue weighted by atomic mass is 9.95. The van der Waals surface area contributed by atoms with Crippen molar-refractivity contribution in [3.63, 3.8) is 0 Å². The third-order valence-electron chi connectivity index (χ3n) is 6.88. The minimum Gasteiger partial charge on any atom is -0.392 e. The third-order valence-corrected chi connectivity index (χ3v) is 6.88. The topological polar surface area (TPSA) is 95.8 Å². The fraction of sp³-hybridized carbons (Fsp3) is 0.417. The maximum Gasteiger partial charge on any atom is 0.228 e. The molecule has 1 aliphatic carbocycles. The van der Waals surface area contributed by atoms with E-state index in [4.69, 9.17) is 9.97 Å². The molecule has 9 heteroatoms. The van der Waals surface area contributed by atoms with Gasteiger partial charge in [-0.2, -0.15) is 4.98 Å². The number of aromatic amines is 1. The molecule has 2 N–H and O–H groups in total. The monoisotopic (exact) mass is 465 g/mol. The zero-order valence-electron chi connectivity index (χ0n) is 18.4. The van der Waals surface area contributed by atoms with Crippen LogP contribution in [0.15, 0.2) is 42.5 Å². The molecule has 33 heavy (non-hydrogen) atoms. The molecule has 0 atom stereocenters. The van der Waals surface area contributed by atoms with E-state index in [-0.39, 0.29) is 19.0 Å². The van der Waals surface area contributed by atoms with E-state index < -0.39 is 0 Å². The third kappa shape index (κ3) is 3.98. The number of nitrogens with zero attached hydrogens (tertiary/aromatic N) is 6. The average Bonchev–Trinajstić information content (AvgIpc) is 3.50. The molecule has 0 bridgehead atoms. The van der Waals surface area contributed by atoms with Crippen LogP contribution in [0.25, 0.3) is 33.5 Å². The van der Waals surface area contributed by atoms with Crippen LogP contribution in [0.4, 0.5) is 5.95 Å². The maximum atomic E-state index is 9.39. The van der Waals surface area contributed by atoms with Crippen molar-refractivity contribution in [1.29, 1.82) is 0 Å². The molecule has 0 saturated heterocycles. The van der Waals surface area contributed by atoms with Gasteiger partial charge in [0.15, 0.2) is 5.65 Å². The molecule has 4 heterocycles. The van der Waals surface area contributed by atoms with Gasteiger partial charge in [0.05, 0.1) is 30.3 Å². The van der Waals surface area contributed by atoms with E-state index in [2.05, 4.69) is 48.7 Å². The molecule has 1 saturated carbocycles. The molecule has 3 aromatic heterocycles. The Hall–Kier alpha value is -2.97. The van der Waals surface area contributed by atoms with E-state index >= 15 is 0 Å². The molecule has 6 rings (SSSR count). The second kappa shape index (κ2) is 9.11. The fourth-order valence-corrected chi connectivity index (χ4v) is 5.04. The summed E-state index contributed by atoms with van der Waals surface area (Å²) in [6, 6.07) is 6.99. The Morgan fingerprint density at radius 3 is 2.76 bits per heavy atom. The number of imidazole rings is 2. The molecule has 8 nitrogen and oxygen atoms in total. The van der Waals surface area contributed by atoms with E-state index in [9.17, 15) is 5.11 Å². The lowest BCUT2D eigenvalue weighted by Crippen LogP contribution is -2.30. The van der Waals surface area contributed by atoms with Crippen molar-refractivity contribution in [2.45, 2.75) is 44.6 Å². The maximum absolute atomic E-state index is 9.39. The summed E-state index contributed by atoms with van der Waals surface area (Å²) in [4.78, 5) is 24.1. The standard InChI is InChI=1S/C24H27N7O.ClH/c32-13-16-8-10-30(11-9-16)24-28-21(22-23(29-24)26-14-25-22)17-6-7-20-19(12-17)27-15-31(20)18-4-2-1-3-5-18;/h6-8,12,14-15,18,32H,1-5,9-11,13H2,(H,25,26,28,29);1H. The minimum atomic E-state index is 0. The first-order valence-corrected chi connectivity index (χ1v) is 11.5. The van der Waals surface area contributed by atoms with Gasteiger partial charge in [0.2, 0.25) is 5.95 Å². The number of halogens is 1. The first-order chi connectivity index (χ1) is 15.8. The summed E-state index contributed by atoms with van der Waals surface area (Å²) in [5.74, 6) is 0.667. The van der Waals surface area contributed by atoms with E-state index in [1.165, 1.54) is 37.6 Å². The number of benzene rings is 1. The fourth-order valence-electron chi connectivity index (χ4n) is 5.04. The number of aliphatic hydroxyl groups excluding tert-OH is 1. The predicted molar refractivity (Wildman–Crippen MR) is 132 cm³/mol. The number of aromatic nitrogens is 6. The smallest absolute Gasteiger partial charge is 0.228 e. The van der Waals surface area contributed by atoms with E-state index in [1.54, 1.807) is 6.33 Å². The van der Waals surface area contributed by atoms with Crippen molar-refractivity contribution < 1.29 is 5.11 Å². The molecule has 1 fully saturated rings. The van der Waals surface area contributed by atoms with Crippen molar-refractivity contribution in [3.8, 4) is 11.3 Å². The van der Waals surface area contributed by atoms with Gasteiger partial charge in [-0.05, 0) is 37.0 Å². The average molecular weight is 466 g/mol. The molecule has 0 unspecified atom stereocenters. The molecule has 2 aliphatic rings. The Bertz CT molecular complexity index is 1300. The van der Waals surface area contributed by atoms with Gasteiger partial charge in [0.25, 0.3) is 0 Å². The molecule has 4 aromatic rings. The van der Waals surface area contributed by atoms with Gasteiger partial charge in [-0.1, -0.05) is 31.4 Å². The van der Waals surface area contributed by atoms with Gasteiger partial charge in [0, 0.05) is 24.7 Å². The number of aliphatic hydroxyl groups is 1. The predicted octanol–water partition coefficient (Wildman–Crippen LogP) is 4.43. The van der Waals surface area contributed by atoms with Gasteiger partial charge < -0.3 is 19.6 Å². The number of fused-ring (bicyclic) bond motifs is 2. The first-order valence-electron chi connectivity index (χ1n) is 11.5. The molecule has 0 radical (unpaired) electrons. The van der Waals surface area contributed by atoms with Gasteiger partial charge in [-0.25, -0.2) is 15.0 Å². The molecule has 0 amide bonds. The Labute approximate surface area is 198 Å². The largest absolute Gasteiger partial charge is 0.392 e. The SMILES string of the molecule is Cl.OCC1=CCN(c2nc(-c3ccc4c(c3)ncn4C3CCCCC3)c3[nH]cnc3n2)CC1. The molecule has 1 aliphatic heterocycles. The highest BCUT2D eigenvalue weighted by atomic mass is 35.5. The molecule has 0 spiro atoms. The first kappa shape index (κ1) is 21.9. The van der Waals surface area contributed by atoms with E-state index in [1.807, 2.05) is 6.33 Å². The molecular weight excluding hydrogens is 438 g/mol. The lowest BCUT2D eigenvalue weighted by molar-refractivity contribution is 0.325. The number of anilines is 1. The number of nitrogens with one attached hydrogen (secondary N) is 1. The van der Waals surface area contributed by atoms with Crippen LogP contribution in [-0.2, 0) is 0 Å². The number of H-pyrrole nitrogens is 1. The summed E-state index contributed by atoms with van der Waals surface area (Å²) in [6.07, 6.45) is 13.0. The minimum absolute atomic E-state index is 0. The van der Waals surface area contributed by atoms with Crippen LogP contribution in [-0.4, -0.2) is 54.3 Å². The lowest BCUT2D eigenvalue weighted by Gasteiger charge is -2.26. The highest BCUT2D eigenvalue weighted by Gasteiger charge is 2.20. The van der Waals surface area contributed by atoms with Gasteiger partial charge >= 0.3 is 0 Å². The molecular formula is C24H28ClN7O. The van der Waals surface area contributed by atoms with Crippen molar-refractivity contribution in [2.75, 3.05) is 24.6 Å². The second-order valence-electron chi connectivity index (χ2n) is 8.84. The number of hydrogen-bond acceptors (Lipinski definition) is 6. The summed E-state index contributed by atoms with van der Waals surface area (Å²) in [7, 11) is 0. The highest BCUT2D eigenvalue weighted by Crippen LogP contribution is 2.33. The Kier molecular flexibility index (Phi) is 6.03. The summed E-state index contributed by atoms with van der Waals surface area (Å²) in [5, 5.41) is 9.39. The van der Waals surface area contributed by atoms with Crippen molar-refractivity contribution in [3.05, 3.63) is 42.5 Å². The van der Waals surface area contributed by atoms with Crippen LogP contribution in [0, 0.1) is 0 Å². The van der Waals surface area contributed by atoms with Crippen LogP contribution in [0.2, 0.25) is 0 Å². The molecule has 1 aromatic carbocycles. The van der Waals surface area contributed by atoms with E-state index in [0.29, 0.717) is 24.2 Å². The zero-order valence-corrected chi connectivity index (χ0v) is 19.3. The number of hydrogen-bond donors (Lipinski definition) is 2. The zero-order chi connectivity index (χ0) is 21.5. The van der Waals surface area contributed by atoms with E-state index in [0.717, 1.165) is 40.8 Å². The van der Waals surface area contributed by atoms with Crippen molar-refractivity contribution >= 4 is 40.6 Å². The summed E-state index contributed by atoms with van der Waals surface area (Å²) >= 11 is 0. The summed E-state index contributed by atoms with van der Waals surface area (Å²) in [5.41, 5.74) is 6.60.